The number of aliphatic hydroxyl groups excluding tert-OH is 1. The third-order valence-corrected chi connectivity index (χ3v) is 5.83. The fourth-order valence-electron chi connectivity index (χ4n) is 1.53. The highest BCUT2D eigenvalue weighted by atomic mass is 79.9. The van der Waals surface area contributed by atoms with E-state index < -0.39 is 10.0 Å². The maximum atomic E-state index is 12.3. The number of ether oxygens (including phenoxy) is 1. The van der Waals surface area contributed by atoms with Crippen molar-refractivity contribution in [1.29, 1.82) is 0 Å². The number of methoxy groups -OCH3 is 1. The zero-order valence-electron chi connectivity index (χ0n) is 10.5. The summed E-state index contributed by atoms with van der Waals surface area (Å²) in [7, 11) is -2.23. The Bertz CT molecular complexity index is 712. The number of thiophene rings is 1. The predicted octanol–water partition coefficient (Wildman–Crippen LogP) is 2.81. The average molecular weight is 378 g/mol. The van der Waals surface area contributed by atoms with Crippen LogP contribution in [0, 0.1) is 0 Å². The van der Waals surface area contributed by atoms with E-state index in [0.29, 0.717) is 17.0 Å². The summed E-state index contributed by atoms with van der Waals surface area (Å²) in [4.78, 5) is 0. The summed E-state index contributed by atoms with van der Waals surface area (Å²) in [6.45, 7) is -0.188. The number of nitrogens with one attached hydrogen (secondary N) is 1. The Labute approximate surface area is 129 Å². The monoisotopic (exact) mass is 377 g/mol. The first-order valence-electron chi connectivity index (χ1n) is 5.51. The quantitative estimate of drug-likeness (QED) is 0.839. The maximum absolute atomic E-state index is 12.3. The first-order chi connectivity index (χ1) is 9.46. The number of aliphatic hydroxyl groups is 1. The molecule has 2 rings (SSSR count). The van der Waals surface area contributed by atoms with E-state index in [1.807, 2.05) is 0 Å². The lowest BCUT2D eigenvalue weighted by Gasteiger charge is -2.11. The first kappa shape index (κ1) is 15.3. The molecule has 5 nitrogen and oxygen atoms in total. The van der Waals surface area contributed by atoms with Crippen LogP contribution in [-0.4, -0.2) is 20.6 Å². The van der Waals surface area contributed by atoms with E-state index in [1.165, 1.54) is 13.2 Å². The second-order valence-electron chi connectivity index (χ2n) is 3.88. The van der Waals surface area contributed by atoms with Gasteiger partial charge in [0.15, 0.2) is 0 Å². The summed E-state index contributed by atoms with van der Waals surface area (Å²) in [5.41, 5.74) is 0.914. The van der Waals surface area contributed by atoms with Crippen molar-refractivity contribution in [3.05, 3.63) is 39.7 Å². The van der Waals surface area contributed by atoms with Crippen molar-refractivity contribution < 1.29 is 18.3 Å². The largest absolute Gasteiger partial charge is 0.495 e. The van der Waals surface area contributed by atoms with Crippen LogP contribution in [0.15, 0.2) is 38.3 Å². The lowest BCUT2D eigenvalue weighted by atomic mass is 10.3. The second kappa shape index (κ2) is 6.13. The Hall–Kier alpha value is -1.09. The third-order valence-electron chi connectivity index (χ3n) is 2.48. The molecule has 0 aliphatic heterocycles. The van der Waals surface area contributed by atoms with Crippen LogP contribution < -0.4 is 9.46 Å². The first-order valence-corrected chi connectivity index (χ1v) is 8.66. The molecule has 108 valence electrons. The number of hydrogen-bond donors (Lipinski definition) is 2. The molecule has 0 spiro atoms. The van der Waals surface area contributed by atoms with Gasteiger partial charge in [-0.2, -0.15) is 0 Å². The molecule has 0 saturated carbocycles. The van der Waals surface area contributed by atoms with Crippen molar-refractivity contribution in [3.8, 4) is 5.75 Å². The Morgan fingerprint density at radius 3 is 2.75 bits per heavy atom. The molecule has 0 saturated heterocycles. The Morgan fingerprint density at radius 1 is 1.40 bits per heavy atom. The maximum Gasteiger partial charge on any atom is 0.271 e. The summed E-state index contributed by atoms with van der Waals surface area (Å²) >= 11 is 4.34. The molecule has 0 atom stereocenters. The standard InChI is InChI=1S/C12H12BrNO4S2/c1-18-11-3-2-9(13)5-10(11)14-20(16,17)12-4-8(6-15)7-19-12/h2-5,7,14-15H,6H2,1H3. The molecule has 1 heterocycles. The van der Waals surface area contributed by atoms with Gasteiger partial charge in [-0.15, -0.1) is 11.3 Å². The summed E-state index contributed by atoms with van der Waals surface area (Å²) in [6, 6.07) is 6.48. The number of benzene rings is 1. The highest BCUT2D eigenvalue weighted by Crippen LogP contribution is 2.31. The van der Waals surface area contributed by atoms with E-state index in [0.717, 1.165) is 15.8 Å². The van der Waals surface area contributed by atoms with E-state index in [1.54, 1.807) is 23.6 Å². The van der Waals surface area contributed by atoms with Crippen molar-refractivity contribution in [1.82, 2.24) is 0 Å². The normalized spacial score (nSPS) is 11.3. The number of hydrogen-bond acceptors (Lipinski definition) is 5. The van der Waals surface area contributed by atoms with Gasteiger partial charge in [-0.1, -0.05) is 15.9 Å². The van der Waals surface area contributed by atoms with Crippen LogP contribution in [0.2, 0.25) is 0 Å². The molecule has 0 fully saturated rings. The van der Waals surface area contributed by atoms with Crippen LogP contribution in [0.3, 0.4) is 0 Å². The molecule has 0 unspecified atom stereocenters. The Morgan fingerprint density at radius 2 is 2.15 bits per heavy atom. The van der Waals surface area contributed by atoms with Gasteiger partial charge in [-0.05, 0) is 35.2 Å². The number of sulfonamides is 1. The topological polar surface area (TPSA) is 75.6 Å². The van der Waals surface area contributed by atoms with Crippen LogP contribution in [-0.2, 0) is 16.6 Å². The van der Waals surface area contributed by atoms with E-state index in [2.05, 4.69) is 20.7 Å². The van der Waals surface area contributed by atoms with E-state index in [-0.39, 0.29) is 10.8 Å². The van der Waals surface area contributed by atoms with E-state index in [9.17, 15) is 8.42 Å². The summed E-state index contributed by atoms with van der Waals surface area (Å²) < 4.78 is 33.0. The average Bonchev–Trinajstić information content (AvgIpc) is 2.88. The van der Waals surface area contributed by atoms with Crippen LogP contribution in [0.5, 0.6) is 5.75 Å². The van der Waals surface area contributed by atoms with E-state index >= 15 is 0 Å². The summed E-state index contributed by atoms with van der Waals surface area (Å²) in [5.74, 6) is 0.427. The molecule has 2 N–H and O–H groups in total. The minimum absolute atomic E-state index is 0.142. The van der Waals surface area contributed by atoms with Crippen molar-refractivity contribution in [3.63, 3.8) is 0 Å². The van der Waals surface area contributed by atoms with Crippen LogP contribution >= 0.6 is 27.3 Å². The second-order valence-corrected chi connectivity index (χ2v) is 7.62. The van der Waals surface area contributed by atoms with Crippen molar-refractivity contribution >= 4 is 43.0 Å². The third kappa shape index (κ3) is 3.32. The minimum atomic E-state index is -3.70. The van der Waals surface area contributed by atoms with Gasteiger partial charge in [-0.25, -0.2) is 8.42 Å². The lowest BCUT2D eigenvalue weighted by Crippen LogP contribution is -2.12. The van der Waals surface area contributed by atoms with Crippen LogP contribution in [0.4, 0.5) is 5.69 Å². The summed E-state index contributed by atoms with van der Waals surface area (Å²) in [5, 5.41) is 10.6. The lowest BCUT2D eigenvalue weighted by molar-refractivity contribution is 0.282. The van der Waals surface area contributed by atoms with Gasteiger partial charge in [-0.3, -0.25) is 4.72 Å². The molecule has 0 aliphatic carbocycles. The van der Waals surface area contributed by atoms with E-state index in [4.69, 9.17) is 9.84 Å². The van der Waals surface area contributed by atoms with Crippen molar-refractivity contribution in [2.45, 2.75) is 10.8 Å². The molecule has 0 bridgehead atoms. The Kier molecular flexibility index (Phi) is 4.69. The minimum Gasteiger partial charge on any atom is -0.495 e. The molecule has 8 heteroatoms. The van der Waals surface area contributed by atoms with Gasteiger partial charge in [0, 0.05) is 4.47 Å². The highest BCUT2D eigenvalue weighted by Gasteiger charge is 2.19. The predicted molar refractivity (Wildman–Crippen MR) is 81.7 cm³/mol. The van der Waals surface area contributed by atoms with Gasteiger partial charge in [0.25, 0.3) is 10.0 Å². The molecular formula is C12H12BrNO4S2. The number of anilines is 1. The molecule has 0 aliphatic rings. The molecule has 0 radical (unpaired) electrons. The zero-order valence-corrected chi connectivity index (χ0v) is 13.7. The van der Waals surface area contributed by atoms with Crippen LogP contribution in [0.25, 0.3) is 0 Å². The molecule has 1 aromatic carbocycles. The SMILES string of the molecule is COc1ccc(Br)cc1NS(=O)(=O)c1cc(CO)cs1. The Balaban J connectivity index is 2.35. The molecular weight excluding hydrogens is 366 g/mol. The zero-order chi connectivity index (χ0) is 14.8. The smallest absolute Gasteiger partial charge is 0.271 e. The number of halogens is 1. The van der Waals surface area contributed by atoms with Gasteiger partial charge in [0.1, 0.15) is 9.96 Å². The molecule has 0 amide bonds. The van der Waals surface area contributed by atoms with Gasteiger partial charge < -0.3 is 9.84 Å². The van der Waals surface area contributed by atoms with Gasteiger partial charge >= 0.3 is 0 Å². The van der Waals surface area contributed by atoms with Crippen molar-refractivity contribution in [2.24, 2.45) is 0 Å². The summed E-state index contributed by atoms with van der Waals surface area (Å²) in [6.07, 6.45) is 0. The molecule has 2 aromatic rings. The molecule has 1 aromatic heterocycles. The fraction of sp³-hybridized carbons (Fsp3) is 0.167. The van der Waals surface area contributed by atoms with Crippen molar-refractivity contribution in [2.75, 3.05) is 11.8 Å². The van der Waals surface area contributed by atoms with Gasteiger partial charge in [0.05, 0.1) is 19.4 Å². The molecule has 20 heavy (non-hydrogen) atoms. The van der Waals surface area contributed by atoms with Crippen LogP contribution in [0.1, 0.15) is 5.56 Å². The highest BCUT2D eigenvalue weighted by molar-refractivity contribution is 9.10. The fourth-order valence-corrected chi connectivity index (χ4v) is 4.15. The van der Waals surface area contributed by atoms with Gasteiger partial charge in [0.2, 0.25) is 0 Å². The number of rotatable bonds is 5.